The maximum absolute atomic E-state index is 11.8. The molecule has 1 aromatic rings. The van der Waals surface area contributed by atoms with Gasteiger partial charge in [0.15, 0.2) is 0 Å². The molecule has 1 saturated heterocycles. The Morgan fingerprint density at radius 1 is 1.31 bits per heavy atom. The Morgan fingerprint density at radius 3 is 2.69 bits per heavy atom. The van der Waals surface area contributed by atoms with Gasteiger partial charge in [-0.25, -0.2) is 0 Å². The van der Waals surface area contributed by atoms with E-state index in [4.69, 9.17) is 16.3 Å². The normalized spacial score (nSPS) is 23.5. The van der Waals surface area contributed by atoms with Crippen LogP contribution in [-0.4, -0.2) is 52.9 Å². The number of halogens is 1. The number of nitrogens with one attached hydrogen (secondary N) is 2. The van der Waals surface area contributed by atoms with Crippen LogP contribution in [0.1, 0.15) is 46.0 Å². The lowest BCUT2D eigenvalue weighted by atomic mass is 9.95. The van der Waals surface area contributed by atoms with Crippen LogP contribution in [0, 0.1) is 5.92 Å². The van der Waals surface area contributed by atoms with Crippen molar-refractivity contribution < 1.29 is 24.5 Å². The number of hydrogen-bond donors (Lipinski definition) is 4. The number of carboxylic acid groups (broad SMARTS) is 2. The Bertz CT molecular complexity index is 687. The molecule has 0 spiro atoms. The molecule has 0 aromatic heterocycles. The number of carboxylic acids is 2. The topological polar surface area (TPSA) is 108 Å². The van der Waals surface area contributed by atoms with Gasteiger partial charge in [0.25, 0.3) is 0 Å². The van der Waals surface area contributed by atoms with Crippen LogP contribution >= 0.6 is 11.6 Å². The van der Waals surface area contributed by atoms with Crippen molar-refractivity contribution in [2.45, 2.75) is 70.2 Å². The second-order valence-electron chi connectivity index (χ2n) is 7.75. The van der Waals surface area contributed by atoms with Crippen molar-refractivity contribution in [3.63, 3.8) is 0 Å². The molecule has 29 heavy (non-hydrogen) atoms. The third-order valence-electron chi connectivity index (χ3n) is 5.34. The molecular weight excluding hydrogens is 396 g/mol. The Labute approximate surface area is 176 Å². The highest BCUT2D eigenvalue weighted by Crippen LogP contribution is 2.23. The fourth-order valence-electron chi connectivity index (χ4n) is 3.64. The van der Waals surface area contributed by atoms with Gasteiger partial charge in [0.1, 0.15) is 23.9 Å². The van der Waals surface area contributed by atoms with Gasteiger partial charge in [-0.15, -0.1) is 0 Å². The van der Waals surface area contributed by atoms with Crippen LogP contribution in [0.2, 0.25) is 5.02 Å². The summed E-state index contributed by atoms with van der Waals surface area (Å²) in [5, 5.41) is 25.7. The van der Waals surface area contributed by atoms with Crippen LogP contribution in [0.4, 0.5) is 0 Å². The van der Waals surface area contributed by atoms with E-state index in [1.54, 1.807) is 24.3 Å². The van der Waals surface area contributed by atoms with E-state index >= 15 is 0 Å². The first kappa shape index (κ1) is 23.4. The van der Waals surface area contributed by atoms with Crippen molar-refractivity contribution in [3.05, 3.63) is 29.3 Å². The number of aliphatic carboxylic acids is 2. The largest absolute Gasteiger partial charge is 0.487 e. The van der Waals surface area contributed by atoms with Gasteiger partial charge in [-0.1, -0.05) is 50.8 Å². The van der Waals surface area contributed by atoms with Crippen LogP contribution in [-0.2, 0) is 9.59 Å². The molecule has 1 unspecified atom stereocenters. The number of benzene rings is 1. The molecule has 0 radical (unpaired) electrons. The molecule has 5 atom stereocenters. The average molecular weight is 427 g/mol. The maximum Gasteiger partial charge on any atom is 0.322 e. The lowest BCUT2D eigenvalue weighted by molar-refractivity contribution is -0.143. The van der Waals surface area contributed by atoms with Crippen LogP contribution in [0.15, 0.2) is 24.3 Å². The molecule has 0 amide bonds. The summed E-state index contributed by atoms with van der Waals surface area (Å²) < 4.78 is 5.94. The van der Waals surface area contributed by atoms with Crippen LogP contribution in [0.5, 0.6) is 5.75 Å². The molecule has 4 N–H and O–H groups in total. The fraction of sp³-hybridized carbons (Fsp3) is 0.619. The van der Waals surface area contributed by atoms with Gasteiger partial charge in [-0.05, 0) is 37.0 Å². The second kappa shape index (κ2) is 11.4. The van der Waals surface area contributed by atoms with Crippen molar-refractivity contribution in [2.75, 3.05) is 6.54 Å². The number of ether oxygens (including phenoxy) is 1. The van der Waals surface area contributed by atoms with Crippen LogP contribution in [0.25, 0.3) is 0 Å². The van der Waals surface area contributed by atoms with Crippen molar-refractivity contribution in [1.82, 2.24) is 10.6 Å². The first-order chi connectivity index (χ1) is 13.8. The van der Waals surface area contributed by atoms with Gasteiger partial charge in [-0.2, -0.15) is 0 Å². The van der Waals surface area contributed by atoms with Crippen molar-refractivity contribution >= 4 is 23.5 Å². The molecule has 1 aliphatic rings. The number of unbranched alkanes of at least 4 members (excludes halogenated alkanes) is 1. The molecule has 8 heteroatoms. The summed E-state index contributed by atoms with van der Waals surface area (Å²) in [4.78, 5) is 23.5. The highest BCUT2D eigenvalue weighted by molar-refractivity contribution is 6.30. The second-order valence-corrected chi connectivity index (χ2v) is 8.18. The summed E-state index contributed by atoms with van der Waals surface area (Å²) in [6.45, 7) is 4.55. The van der Waals surface area contributed by atoms with Gasteiger partial charge < -0.3 is 14.9 Å². The summed E-state index contributed by atoms with van der Waals surface area (Å²) in [7, 11) is 0. The molecule has 0 bridgehead atoms. The Morgan fingerprint density at radius 2 is 2.07 bits per heavy atom. The van der Waals surface area contributed by atoms with Gasteiger partial charge in [0.05, 0.1) is 6.04 Å². The predicted octanol–water partition coefficient (Wildman–Crippen LogP) is 3.16. The van der Waals surface area contributed by atoms with E-state index in [-0.39, 0.29) is 0 Å². The van der Waals surface area contributed by atoms with Crippen LogP contribution < -0.4 is 15.4 Å². The lowest BCUT2D eigenvalue weighted by Gasteiger charge is -2.28. The van der Waals surface area contributed by atoms with Gasteiger partial charge in [0, 0.05) is 11.6 Å². The first-order valence-corrected chi connectivity index (χ1v) is 10.6. The van der Waals surface area contributed by atoms with Crippen molar-refractivity contribution in [3.8, 4) is 5.75 Å². The number of rotatable bonds is 12. The van der Waals surface area contributed by atoms with E-state index in [0.29, 0.717) is 29.7 Å². The van der Waals surface area contributed by atoms with E-state index in [9.17, 15) is 19.8 Å². The maximum atomic E-state index is 11.8. The minimum Gasteiger partial charge on any atom is -0.487 e. The van der Waals surface area contributed by atoms with E-state index in [2.05, 4.69) is 24.5 Å². The number of carbonyl (C=O) groups is 2. The minimum atomic E-state index is -1.04. The molecule has 0 saturated carbocycles. The highest BCUT2D eigenvalue weighted by atomic mass is 35.5. The van der Waals surface area contributed by atoms with E-state index < -0.39 is 36.2 Å². The Hall–Kier alpha value is -1.83. The predicted molar refractivity (Wildman–Crippen MR) is 112 cm³/mol. The standard InChI is InChI=1S/C21H31ClN2O5/c1-3-4-6-13(2)9-10-16(20(25)26)24-18-17(12-23-19(18)21(27)28)29-15-8-5-7-14(22)11-15/h5,7-8,11,13,16-19,23-24H,3-4,6,9-10,12H2,1-2H3,(H,25,26)(H,27,28)/t13-,16+,17+,18-,19?/m1/s1. The number of hydrogen-bond acceptors (Lipinski definition) is 5. The Kier molecular flexibility index (Phi) is 9.20. The van der Waals surface area contributed by atoms with Crippen molar-refractivity contribution in [2.24, 2.45) is 5.92 Å². The minimum absolute atomic E-state index is 0.292. The zero-order chi connectivity index (χ0) is 21.4. The average Bonchev–Trinajstić information content (AvgIpc) is 3.05. The quantitative estimate of drug-likeness (QED) is 0.406. The monoisotopic (exact) mass is 426 g/mol. The smallest absolute Gasteiger partial charge is 0.322 e. The van der Waals surface area contributed by atoms with Gasteiger partial charge in [-0.3, -0.25) is 20.2 Å². The molecule has 1 aliphatic heterocycles. The van der Waals surface area contributed by atoms with Gasteiger partial charge in [0.2, 0.25) is 0 Å². The first-order valence-electron chi connectivity index (χ1n) is 10.2. The summed E-state index contributed by atoms with van der Waals surface area (Å²) in [5.74, 6) is -1.08. The SMILES string of the molecule is CCCC[C@@H](C)CC[C@H](N[C@H]1C(C(=O)O)NC[C@@H]1Oc1cccc(Cl)c1)C(=O)O. The summed E-state index contributed by atoms with van der Waals surface area (Å²) >= 11 is 6.00. The van der Waals surface area contributed by atoms with E-state index in [0.717, 1.165) is 25.7 Å². The lowest BCUT2D eigenvalue weighted by Crippen LogP contribution is -2.55. The molecule has 2 rings (SSSR count). The fourth-order valence-corrected chi connectivity index (χ4v) is 3.83. The molecular formula is C21H31ClN2O5. The third-order valence-corrected chi connectivity index (χ3v) is 5.57. The molecule has 1 heterocycles. The zero-order valence-electron chi connectivity index (χ0n) is 16.9. The van der Waals surface area contributed by atoms with Crippen LogP contribution in [0.3, 0.4) is 0 Å². The molecule has 0 aliphatic carbocycles. The molecule has 1 fully saturated rings. The molecule has 7 nitrogen and oxygen atoms in total. The summed E-state index contributed by atoms with van der Waals surface area (Å²) in [5.41, 5.74) is 0. The third kappa shape index (κ3) is 7.17. The molecule has 162 valence electrons. The van der Waals surface area contributed by atoms with E-state index in [1.807, 2.05) is 0 Å². The zero-order valence-corrected chi connectivity index (χ0v) is 17.7. The summed E-state index contributed by atoms with van der Waals surface area (Å²) in [6, 6.07) is 4.40. The van der Waals surface area contributed by atoms with Crippen molar-refractivity contribution in [1.29, 1.82) is 0 Å². The Balaban J connectivity index is 2.07. The summed E-state index contributed by atoms with van der Waals surface area (Å²) in [6.07, 6.45) is 3.96. The van der Waals surface area contributed by atoms with E-state index in [1.165, 1.54) is 0 Å². The molecule has 1 aromatic carbocycles. The highest BCUT2D eigenvalue weighted by Gasteiger charge is 2.43. The van der Waals surface area contributed by atoms with Gasteiger partial charge >= 0.3 is 11.9 Å².